The van der Waals surface area contributed by atoms with Crippen LogP contribution in [0.15, 0.2) is 47.6 Å². The van der Waals surface area contributed by atoms with Gasteiger partial charge in [-0.1, -0.05) is 36.0 Å². The molecule has 1 aliphatic rings. The molecule has 0 unspecified atom stereocenters. The van der Waals surface area contributed by atoms with E-state index in [9.17, 15) is 4.79 Å². The third-order valence-corrected chi connectivity index (χ3v) is 5.42. The average molecular weight is 367 g/mol. The van der Waals surface area contributed by atoms with Crippen molar-refractivity contribution in [2.75, 3.05) is 18.9 Å². The van der Waals surface area contributed by atoms with E-state index < -0.39 is 0 Å². The summed E-state index contributed by atoms with van der Waals surface area (Å²) in [5.74, 6) is 1.36. The van der Waals surface area contributed by atoms with Crippen molar-refractivity contribution < 1.29 is 9.53 Å². The van der Waals surface area contributed by atoms with Crippen molar-refractivity contribution in [1.82, 2.24) is 14.9 Å². The van der Waals surface area contributed by atoms with Gasteiger partial charge >= 0.3 is 0 Å². The Bertz CT molecular complexity index is 938. The van der Waals surface area contributed by atoms with E-state index in [1.807, 2.05) is 36.1 Å². The number of carbonyl (C=O) groups is 1. The molecule has 2 aromatic carbocycles. The molecular formula is C20H21N3O2S. The van der Waals surface area contributed by atoms with Gasteiger partial charge in [0.2, 0.25) is 5.91 Å². The van der Waals surface area contributed by atoms with Gasteiger partial charge in [0.1, 0.15) is 5.75 Å². The normalized spacial score (nSPS) is 13.7. The lowest BCUT2D eigenvalue weighted by atomic mass is 10.00. The van der Waals surface area contributed by atoms with Crippen LogP contribution < -0.4 is 4.74 Å². The lowest BCUT2D eigenvalue weighted by molar-refractivity contribution is -0.129. The number of H-pyrrole nitrogens is 1. The van der Waals surface area contributed by atoms with Crippen molar-refractivity contribution >= 4 is 28.7 Å². The minimum atomic E-state index is 0.153. The van der Waals surface area contributed by atoms with E-state index in [1.54, 1.807) is 0 Å². The summed E-state index contributed by atoms with van der Waals surface area (Å²) in [7, 11) is 0. The van der Waals surface area contributed by atoms with Gasteiger partial charge in [-0.3, -0.25) is 4.79 Å². The molecule has 0 saturated carbocycles. The van der Waals surface area contributed by atoms with Crippen molar-refractivity contribution in [3.63, 3.8) is 0 Å². The van der Waals surface area contributed by atoms with Crippen LogP contribution >= 0.6 is 11.8 Å². The Labute approximate surface area is 156 Å². The van der Waals surface area contributed by atoms with E-state index in [0.717, 1.165) is 34.9 Å². The van der Waals surface area contributed by atoms with Crippen molar-refractivity contribution in [2.24, 2.45) is 0 Å². The maximum atomic E-state index is 12.6. The number of ether oxygens (including phenoxy) is 1. The number of nitrogens with zero attached hydrogens (tertiary/aromatic N) is 2. The standard InChI is InChI=1S/C20H21N3O2S/c1-2-25-16-7-8-17-18(11-16)22-20(21-17)26-13-19(24)23-10-9-14-5-3-4-6-15(14)12-23/h3-8,11H,2,9-10,12-13H2,1H3,(H,21,22). The fraction of sp³-hybridized carbons (Fsp3) is 0.300. The largest absolute Gasteiger partial charge is 0.494 e. The number of imidazole rings is 1. The van der Waals surface area contributed by atoms with Gasteiger partial charge in [-0.2, -0.15) is 0 Å². The fourth-order valence-corrected chi connectivity index (χ4v) is 4.01. The Morgan fingerprint density at radius 2 is 2.12 bits per heavy atom. The highest BCUT2D eigenvalue weighted by Gasteiger charge is 2.20. The number of hydrogen-bond donors (Lipinski definition) is 1. The van der Waals surface area contributed by atoms with Gasteiger partial charge in [-0.15, -0.1) is 0 Å². The molecule has 3 aromatic rings. The zero-order valence-electron chi connectivity index (χ0n) is 14.7. The van der Waals surface area contributed by atoms with E-state index in [2.05, 4.69) is 28.2 Å². The minimum absolute atomic E-state index is 0.153. The predicted octanol–water partition coefficient (Wildman–Crippen LogP) is 3.64. The first kappa shape index (κ1) is 17.0. The summed E-state index contributed by atoms with van der Waals surface area (Å²) in [6, 6.07) is 14.1. The maximum absolute atomic E-state index is 12.6. The van der Waals surface area contributed by atoms with E-state index in [4.69, 9.17) is 4.74 Å². The molecule has 0 spiro atoms. The molecule has 6 heteroatoms. The summed E-state index contributed by atoms with van der Waals surface area (Å²) in [4.78, 5) is 22.3. The van der Waals surface area contributed by atoms with Gasteiger partial charge in [0.15, 0.2) is 5.16 Å². The van der Waals surface area contributed by atoms with Crippen molar-refractivity contribution in [2.45, 2.75) is 25.0 Å². The van der Waals surface area contributed by atoms with Crippen LogP contribution in [0.3, 0.4) is 0 Å². The summed E-state index contributed by atoms with van der Waals surface area (Å²) < 4.78 is 5.51. The first-order chi connectivity index (χ1) is 12.7. The number of fused-ring (bicyclic) bond motifs is 2. The van der Waals surface area contributed by atoms with Gasteiger partial charge in [-0.05, 0) is 36.6 Å². The molecule has 0 atom stereocenters. The van der Waals surface area contributed by atoms with Gasteiger partial charge in [-0.25, -0.2) is 4.98 Å². The molecule has 1 N–H and O–H groups in total. The van der Waals surface area contributed by atoms with Crippen LogP contribution in [0.5, 0.6) is 5.75 Å². The number of aromatic nitrogens is 2. The van der Waals surface area contributed by atoms with Gasteiger partial charge in [0.25, 0.3) is 0 Å². The lowest BCUT2D eigenvalue weighted by Crippen LogP contribution is -2.37. The number of aromatic amines is 1. The van der Waals surface area contributed by atoms with Crippen LogP contribution in [0.2, 0.25) is 0 Å². The van der Waals surface area contributed by atoms with Crippen LogP contribution in [0.4, 0.5) is 0 Å². The molecule has 1 aromatic heterocycles. The average Bonchev–Trinajstić information content (AvgIpc) is 3.08. The Kier molecular flexibility index (Phi) is 4.84. The molecule has 26 heavy (non-hydrogen) atoms. The van der Waals surface area contributed by atoms with Crippen LogP contribution in [0.1, 0.15) is 18.1 Å². The zero-order chi connectivity index (χ0) is 17.9. The van der Waals surface area contributed by atoms with E-state index >= 15 is 0 Å². The Hall–Kier alpha value is -2.47. The summed E-state index contributed by atoms with van der Waals surface area (Å²) in [6.07, 6.45) is 0.928. The summed E-state index contributed by atoms with van der Waals surface area (Å²) in [6.45, 7) is 4.08. The molecule has 1 amide bonds. The first-order valence-corrected chi connectivity index (χ1v) is 9.81. The SMILES string of the molecule is CCOc1ccc2nc(SCC(=O)N3CCc4ccccc4C3)[nH]c2c1. The van der Waals surface area contributed by atoms with Crippen LogP contribution in [-0.2, 0) is 17.8 Å². The molecule has 1 aliphatic heterocycles. The molecule has 0 fully saturated rings. The number of thioether (sulfide) groups is 1. The second-order valence-electron chi connectivity index (χ2n) is 6.28. The smallest absolute Gasteiger partial charge is 0.233 e. The highest BCUT2D eigenvalue weighted by Crippen LogP contribution is 2.24. The summed E-state index contributed by atoms with van der Waals surface area (Å²) in [5, 5.41) is 0.763. The molecule has 0 aliphatic carbocycles. The van der Waals surface area contributed by atoms with Crippen molar-refractivity contribution in [1.29, 1.82) is 0 Å². The Morgan fingerprint density at radius 1 is 1.27 bits per heavy atom. The highest BCUT2D eigenvalue weighted by molar-refractivity contribution is 7.99. The number of hydrogen-bond acceptors (Lipinski definition) is 4. The highest BCUT2D eigenvalue weighted by atomic mass is 32.2. The molecule has 5 nitrogen and oxygen atoms in total. The minimum Gasteiger partial charge on any atom is -0.494 e. The molecule has 0 saturated heterocycles. The monoisotopic (exact) mass is 367 g/mol. The molecule has 134 valence electrons. The number of carbonyl (C=O) groups excluding carboxylic acids is 1. The lowest BCUT2D eigenvalue weighted by Gasteiger charge is -2.28. The van der Waals surface area contributed by atoms with Crippen molar-refractivity contribution in [3.8, 4) is 5.75 Å². The van der Waals surface area contributed by atoms with E-state index in [0.29, 0.717) is 18.9 Å². The van der Waals surface area contributed by atoms with E-state index in [1.165, 1.54) is 22.9 Å². The Balaban J connectivity index is 1.39. The molecule has 0 bridgehead atoms. The van der Waals surface area contributed by atoms with E-state index in [-0.39, 0.29) is 5.91 Å². The second-order valence-corrected chi connectivity index (χ2v) is 7.24. The van der Waals surface area contributed by atoms with Crippen LogP contribution in [0.25, 0.3) is 11.0 Å². The third-order valence-electron chi connectivity index (χ3n) is 4.56. The first-order valence-electron chi connectivity index (χ1n) is 8.83. The number of rotatable bonds is 5. The second kappa shape index (κ2) is 7.41. The summed E-state index contributed by atoms with van der Waals surface area (Å²) >= 11 is 1.45. The topological polar surface area (TPSA) is 58.2 Å². The number of amides is 1. The number of nitrogens with one attached hydrogen (secondary N) is 1. The van der Waals surface area contributed by atoms with Gasteiger partial charge < -0.3 is 14.6 Å². The Morgan fingerprint density at radius 3 is 2.96 bits per heavy atom. The predicted molar refractivity (Wildman–Crippen MR) is 104 cm³/mol. The van der Waals surface area contributed by atoms with Gasteiger partial charge in [0.05, 0.1) is 23.4 Å². The number of benzene rings is 2. The van der Waals surface area contributed by atoms with Crippen LogP contribution in [-0.4, -0.2) is 39.7 Å². The zero-order valence-corrected chi connectivity index (χ0v) is 15.5. The third kappa shape index (κ3) is 3.55. The van der Waals surface area contributed by atoms with Crippen molar-refractivity contribution in [3.05, 3.63) is 53.6 Å². The maximum Gasteiger partial charge on any atom is 0.233 e. The molecule has 4 rings (SSSR count). The molecule has 2 heterocycles. The fourth-order valence-electron chi connectivity index (χ4n) is 3.22. The summed E-state index contributed by atoms with van der Waals surface area (Å²) in [5.41, 5.74) is 4.42. The molecular weight excluding hydrogens is 346 g/mol. The quantitative estimate of drug-likeness (QED) is 0.700. The van der Waals surface area contributed by atoms with Crippen LogP contribution in [0, 0.1) is 0 Å². The van der Waals surface area contributed by atoms with Gasteiger partial charge in [0, 0.05) is 19.2 Å². The molecule has 0 radical (unpaired) electrons.